The van der Waals surface area contributed by atoms with Gasteiger partial charge in [-0.3, -0.25) is 4.79 Å². The van der Waals surface area contributed by atoms with E-state index in [4.69, 9.17) is 5.73 Å². The average molecular weight is 276 g/mol. The smallest absolute Gasteiger partial charge is 0.247 e. The summed E-state index contributed by atoms with van der Waals surface area (Å²) in [4.78, 5) is 14.2. The molecule has 0 aliphatic carbocycles. The molecule has 0 spiro atoms. The zero-order valence-electron chi connectivity index (χ0n) is 11.8. The number of likely N-dealkylation sites (tertiary alicyclic amines) is 1. The van der Waals surface area contributed by atoms with Crippen molar-refractivity contribution in [2.24, 2.45) is 5.73 Å². The lowest BCUT2D eigenvalue weighted by molar-refractivity contribution is -0.132. The molecule has 1 aliphatic heterocycles. The third-order valence-corrected chi connectivity index (χ3v) is 3.84. The zero-order chi connectivity index (χ0) is 14.5. The van der Waals surface area contributed by atoms with Gasteiger partial charge in [0, 0.05) is 24.7 Å². The van der Waals surface area contributed by atoms with Crippen LogP contribution in [0.1, 0.15) is 31.7 Å². The molecular weight excluding hydrogens is 255 g/mol. The van der Waals surface area contributed by atoms with E-state index in [1.54, 1.807) is 24.3 Å². The Balaban J connectivity index is 2.07. The minimum atomic E-state index is -0.277. The van der Waals surface area contributed by atoms with Gasteiger partial charge in [0.15, 0.2) is 0 Å². The third-order valence-electron chi connectivity index (χ3n) is 3.84. The average Bonchev–Trinajstić information content (AvgIpc) is 2.46. The van der Waals surface area contributed by atoms with Crippen molar-refractivity contribution in [3.8, 4) is 0 Å². The fraction of sp³-hybridized carbons (Fsp3) is 0.438. The van der Waals surface area contributed by atoms with Crippen molar-refractivity contribution < 1.29 is 9.18 Å². The second-order valence-electron chi connectivity index (χ2n) is 5.30. The van der Waals surface area contributed by atoms with Crippen molar-refractivity contribution in [2.45, 2.75) is 38.3 Å². The lowest BCUT2D eigenvalue weighted by Gasteiger charge is -2.39. The molecule has 4 heteroatoms. The summed E-state index contributed by atoms with van der Waals surface area (Å²) >= 11 is 0. The predicted molar refractivity (Wildman–Crippen MR) is 78.4 cm³/mol. The molecule has 3 nitrogen and oxygen atoms in total. The standard InChI is InChI=1S/C16H21FN2O/c1-12-3-2-4-15(11-18)19(12)16(20)10-7-13-5-8-14(17)9-6-13/h5-10,12,15H,2-4,11,18H2,1H3. The van der Waals surface area contributed by atoms with Crippen molar-refractivity contribution in [2.75, 3.05) is 6.54 Å². The Kier molecular flexibility index (Phi) is 4.90. The van der Waals surface area contributed by atoms with Gasteiger partial charge in [0.05, 0.1) is 0 Å². The lowest BCUT2D eigenvalue weighted by Crippen LogP contribution is -2.51. The minimum absolute atomic E-state index is 0.0167. The highest BCUT2D eigenvalue weighted by molar-refractivity contribution is 5.92. The molecule has 0 aromatic heterocycles. The first-order valence-corrected chi connectivity index (χ1v) is 7.08. The third kappa shape index (κ3) is 3.45. The summed E-state index contributed by atoms with van der Waals surface area (Å²) in [5.74, 6) is -0.293. The Morgan fingerprint density at radius 2 is 2.10 bits per heavy atom. The van der Waals surface area contributed by atoms with E-state index in [9.17, 15) is 9.18 Å². The lowest BCUT2D eigenvalue weighted by atomic mass is 9.96. The molecule has 0 saturated carbocycles. The van der Waals surface area contributed by atoms with Gasteiger partial charge in [0.2, 0.25) is 5.91 Å². The number of benzene rings is 1. The summed E-state index contributed by atoms with van der Waals surface area (Å²) in [7, 11) is 0. The molecule has 20 heavy (non-hydrogen) atoms. The Hall–Kier alpha value is -1.68. The number of carbonyl (C=O) groups excluding carboxylic acids is 1. The monoisotopic (exact) mass is 276 g/mol. The van der Waals surface area contributed by atoms with Gasteiger partial charge in [0.25, 0.3) is 0 Å². The zero-order valence-corrected chi connectivity index (χ0v) is 11.8. The molecule has 1 amide bonds. The van der Waals surface area contributed by atoms with Crippen molar-refractivity contribution in [1.29, 1.82) is 0 Å². The number of rotatable bonds is 3. The number of halogens is 1. The van der Waals surface area contributed by atoms with E-state index in [0.29, 0.717) is 6.54 Å². The van der Waals surface area contributed by atoms with E-state index < -0.39 is 0 Å². The molecule has 1 aromatic carbocycles. The second-order valence-corrected chi connectivity index (χ2v) is 5.30. The summed E-state index contributed by atoms with van der Waals surface area (Å²) in [6.07, 6.45) is 6.38. The van der Waals surface area contributed by atoms with E-state index in [0.717, 1.165) is 24.8 Å². The molecule has 0 radical (unpaired) electrons. The molecule has 1 aliphatic rings. The number of carbonyl (C=O) groups is 1. The number of piperidine rings is 1. The van der Waals surface area contributed by atoms with Crippen LogP contribution in [0.4, 0.5) is 4.39 Å². The van der Waals surface area contributed by atoms with Crippen LogP contribution in [0, 0.1) is 5.82 Å². The maximum atomic E-state index is 12.8. The highest BCUT2D eigenvalue weighted by Crippen LogP contribution is 2.22. The summed E-state index contributed by atoms with van der Waals surface area (Å²) < 4.78 is 12.8. The van der Waals surface area contributed by atoms with Crippen LogP contribution in [0.15, 0.2) is 30.3 Å². The fourth-order valence-corrected chi connectivity index (χ4v) is 2.74. The molecule has 1 heterocycles. The van der Waals surface area contributed by atoms with Crippen LogP contribution in [0.5, 0.6) is 0 Å². The fourth-order valence-electron chi connectivity index (χ4n) is 2.74. The minimum Gasteiger partial charge on any atom is -0.332 e. The first-order chi connectivity index (χ1) is 9.61. The van der Waals surface area contributed by atoms with Gasteiger partial charge in [-0.25, -0.2) is 4.39 Å². The molecule has 0 bridgehead atoms. The van der Waals surface area contributed by atoms with Crippen LogP contribution in [-0.2, 0) is 4.79 Å². The summed E-state index contributed by atoms with van der Waals surface area (Å²) in [6, 6.07) is 6.43. The number of amides is 1. The Bertz CT molecular complexity index is 484. The quantitative estimate of drug-likeness (QED) is 0.862. The van der Waals surface area contributed by atoms with Gasteiger partial charge >= 0.3 is 0 Å². The molecule has 1 saturated heterocycles. The van der Waals surface area contributed by atoms with Gasteiger partial charge in [-0.05, 0) is 50.0 Å². The van der Waals surface area contributed by atoms with E-state index >= 15 is 0 Å². The van der Waals surface area contributed by atoms with Crippen LogP contribution >= 0.6 is 0 Å². The van der Waals surface area contributed by atoms with Gasteiger partial charge in [-0.1, -0.05) is 12.1 Å². The number of hydrogen-bond acceptors (Lipinski definition) is 2. The maximum Gasteiger partial charge on any atom is 0.247 e. The highest BCUT2D eigenvalue weighted by Gasteiger charge is 2.29. The summed E-state index contributed by atoms with van der Waals surface area (Å²) in [5.41, 5.74) is 6.57. The maximum absolute atomic E-state index is 12.8. The van der Waals surface area contributed by atoms with Crippen LogP contribution in [0.2, 0.25) is 0 Å². The second kappa shape index (κ2) is 6.66. The Morgan fingerprint density at radius 1 is 1.40 bits per heavy atom. The largest absolute Gasteiger partial charge is 0.332 e. The molecule has 1 fully saturated rings. The van der Waals surface area contributed by atoms with Gasteiger partial charge < -0.3 is 10.6 Å². The van der Waals surface area contributed by atoms with Gasteiger partial charge in [-0.15, -0.1) is 0 Å². The highest BCUT2D eigenvalue weighted by atomic mass is 19.1. The molecule has 108 valence electrons. The van der Waals surface area contributed by atoms with E-state index in [1.807, 2.05) is 4.90 Å². The summed E-state index contributed by atoms with van der Waals surface area (Å²) in [6.45, 7) is 2.56. The molecule has 2 atom stereocenters. The van der Waals surface area contributed by atoms with Crippen LogP contribution in [0.25, 0.3) is 6.08 Å². The molecule has 2 unspecified atom stereocenters. The first kappa shape index (κ1) is 14.7. The van der Waals surface area contributed by atoms with E-state index in [2.05, 4.69) is 6.92 Å². The van der Waals surface area contributed by atoms with Crippen LogP contribution in [-0.4, -0.2) is 29.4 Å². The SMILES string of the molecule is CC1CCCC(CN)N1C(=O)C=Cc1ccc(F)cc1. The van der Waals surface area contributed by atoms with Crippen molar-refractivity contribution in [3.05, 3.63) is 41.7 Å². The van der Waals surface area contributed by atoms with Gasteiger partial charge in [-0.2, -0.15) is 0 Å². The number of nitrogens with zero attached hydrogens (tertiary/aromatic N) is 1. The van der Waals surface area contributed by atoms with Crippen LogP contribution in [0.3, 0.4) is 0 Å². The molecule has 2 N–H and O–H groups in total. The van der Waals surface area contributed by atoms with Crippen molar-refractivity contribution >= 4 is 12.0 Å². The van der Waals surface area contributed by atoms with E-state index in [-0.39, 0.29) is 23.8 Å². The normalized spacial score (nSPS) is 23.2. The topological polar surface area (TPSA) is 46.3 Å². The molecule has 2 rings (SSSR count). The molecule has 1 aromatic rings. The Labute approximate surface area is 119 Å². The van der Waals surface area contributed by atoms with E-state index in [1.165, 1.54) is 12.1 Å². The van der Waals surface area contributed by atoms with Crippen molar-refractivity contribution in [3.63, 3.8) is 0 Å². The summed E-state index contributed by atoms with van der Waals surface area (Å²) in [5, 5.41) is 0. The van der Waals surface area contributed by atoms with Gasteiger partial charge in [0.1, 0.15) is 5.82 Å². The number of hydrogen-bond donors (Lipinski definition) is 1. The van der Waals surface area contributed by atoms with Crippen molar-refractivity contribution in [1.82, 2.24) is 4.90 Å². The number of nitrogens with two attached hydrogens (primary N) is 1. The first-order valence-electron chi connectivity index (χ1n) is 7.08. The predicted octanol–water partition coefficient (Wildman–Crippen LogP) is 2.57. The Morgan fingerprint density at radius 3 is 2.75 bits per heavy atom. The molecular formula is C16H21FN2O. The van der Waals surface area contributed by atoms with Crippen LogP contribution < -0.4 is 5.73 Å².